The average molecular weight is 665 g/mol. The summed E-state index contributed by atoms with van der Waals surface area (Å²) in [5.41, 5.74) is 2.30. The van der Waals surface area contributed by atoms with Gasteiger partial charge in [0.15, 0.2) is 4.32 Å². The summed E-state index contributed by atoms with van der Waals surface area (Å²) in [5, 5.41) is 1.70. The minimum Gasteiger partial charge on any atom is -0.486 e. The minimum absolute atomic E-state index is 0.183. The van der Waals surface area contributed by atoms with Crippen molar-refractivity contribution >= 4 is 113 Å². The van der Waals surface area contributed by atoms with Crippen LogP contribution in [-0.4, -0.2) is 10.2 Å². The highest BCUT2D eigenvalue weighted by molar-refractivity contribution is 9.11. The molecular weight excluding hydrogens is 653 g/mol. The summed E-state index contributed by atoms with van der Waals surface area (Å²) in [6.45, 7) is 0.270. The zero-order valence-electron chi connectivity index (χ0n) is 16.5. The molecule has 3 nitrogen and oxygen atoms in total. The summed E-state index contributed by atoms with van der Waals surface area (Å²) < 4.78 is 7.88. The number of hydrogen-bond acceptors (Lipinski definition) is 4. The Morgan fingerprint density at radius 3 is 2.24 bits per heavy atom. The fourth-order valence-corrected chi connectivity index (χ4v) is 6.36. The van der Waals surface area contributed by atoms with Crippen LogP contribution in [0, 0.1) is 0 Å². The first-order chi connectivity index (χ1) is 15.7. The summed E-state index contributed by atoms with van der Waals surface area (Å²) in [4.78, 5) is 15.0. The molecule has 1 heterocycles. The Kier molecular flexibility index (Phi) is 8.11. The summed E-state index contributed by atoms with van der Waals surface area (Å²) in [6.07, 6.45) is 1.80. The number of thiocarbonyl (C=S) groups is 1. The number of carbonyl (C=O) groups is 1. The Labute approximate surface area is 232 Å². The van der Waals surface area contributed by atoms with Crippen LogP contribution in [0.2, 0.25) is 15.1 Å². The maximum atomic E-state index is 13.0. The molecule has 1 amide bonds. The normalized spacial score (nSPS) is 14.9. The van der Waals surface area contributed by atoms with Crippen molar-refractivity contribution in [3.63, 3.8) is 0 Å². The molecule has 1 fully saturated rings. The Hall–Kier alpha value is -1.06. The second-order valence-corrected chi connectivity index (χ2v) is 11.5. The first kappa shape index (κ1) is 25.0. The van der Waals surface area contributed by atoms with Gasteiger partial charge < -0.3 is 4.74 Å². The molecule has 1 aliphatic rings. The maximum absolute atomic E-state index is 13.0. The number of rotatable bonds is 5. The highest BCUT2D eigenvalue weighted by atomic mass is 79.9. The van der Waals surface area contributed by atoms with E-state index < -0.39 is 0 Å². The molecule has 0 aromatic heterocycles. The molecule has 0 atom stereocenters. The molecule has 0 aliphatic carbocycles. The summed E-state index contributed by atoms with van der Waals surface area (Å²) in [6, 6.07) is 16.0. The summed E-state index contributed by atoms with van der Waals surface area (Å²) in [5.74, 6) is 0.434. The fraction of sp³-hybridized carbons (Fsp3) is 0.0435. The Morgan fingerprint density at radius 2 is 1.61 bits per heavy atom. The van der Waals surface area contributed by atoms with E-state index in [1.807, 2.05) is 18.2 Å². The van der Waals surface area contributed by atoms with Crippen LogP contribution in [0.1, 0.15) is 11.1 Å². The molecule has 0 bridgehead atoms. The standard InChI is InChI=1S/C23H12Br2Cl3NO2S2/c24-17-7-12(8-18(25)21(17)31-11-13-1-2-15(27)10-19(13)28)9-20-22(30)29(23(32)33-20)16-5-3-14(26)4-6-16/h1-10H,11H2/b20-9-. The number of nitrogens with zero attached hydrogens (tertiary/aromatic N) is 1. The van der Waals surface area contributed by atoms with Gasteiger partial charge in [-0.15, -0.1) is 0 Å². The van der Waals surface area contributed by atoms with Crippen LogP contribution in [-0.2, 0) is 11.4 Å². The monoisotopic (exact) mass is 661 g/mol. The molecule has 0 N–H and O–H groups in total. The van der Waals surface area contributed by atoms with Gasteiger partial charge in [0.2, 0.25) is 0 Å². The van der Waals surface area contributed by atoms with Crippen LogP contribution in [0.25, 0.3) is 6.08 Å². The fourth-order valence-electron chi connectivity index (χ4n) is 3.02. The Morgan fingerprint density at radius 1 is 0.970 bits per heavy atom. The van der Waals surface area contributed by atoms with Crippen molar-refractivity contribution in [3.05, 3.63) is 94.6 Å². The summed E-state index contributed by atoms with van der Waals surface area (Å²) in [7, 11) is 0. The average Bonchev–Trinajstić information content (AvgIpc) is 3.02. The topological polar surface area (TPSA) is 29.5 Å². The highest BCUT2D eigenvalue weighted by Gasteiger charge is 2.33. The first-order valence-corrected chi connectivity index (χ1v) is 13.3. The van der Waals surface area contributed by atoms with Gasteiger partial charge in [0.1, 0.15) is 12.4 Å². The van der Waals surface area contributed by atoms with Crippen molar-refractivity contribution < 1.29 is 9.53 Å². The zero-order chi connectivity index (χ0) is 23.7. The molecule has 33 heavy (non-hydrogen) atoms. The second-order valence-electron chi connectivity index (χ2n) is 6.83. The van der Waals surface area contributed by atoms with Gasteiger partial charge in [0.05, 0.1) is 19.5 Å². The van der Waals surface area contributed by atoms with Crippen molar-refractivity contribution in [1.82, 2.24) is 0 Å². The van der Waals surface area contributed by atoms with E-state index in [9.17, 15) is 4.79 Å². The SMILES string of the molecule is O=C1/C(=C/c2cc(Br)c(OCc3ccc(Cl)cc3Cl)c(Br)c2)SC(=S)N1c1ccc(Cl)cc1. The van der Waals surface area contributed by atoms with Crippen LogP contribution in [0.3, 0.4) is 0 Å². The number of amides is 1. The first-order valence-electron chi connectivity index (χ1n) is 9.32. The number of anilines is 1. The van der Waals surface area contributed by atoms with E-state index in [-0.39, 0.29) is 12.5 Å². The second kappa shape index (κ2) is 10.7. The van der Waals surface area contributed by atoms with Crippen molar-refractivity contribution in [3.8, 4) is 5.75 Å². The third-order valence-electron chi connectivity index (χ3n) is 4.58. The van der Waals surface area contributed by atoms with Gasteiger partial charge in [0.25, 0.3) is 5.91 Å². The highest BCUT2D eigenvalue weighted by Crippen LogP contribution is 2.39. The lowest BCUT2D eigenvalue weighted by molar-refractivity contribution is -0.113. The smallest absolute Gasteiger partial charge is 0.270 e. The lowest BCUT2D eigenvalue weighted by atomic mass is 10.2. The third-order valence-corrected chi connectivity index (χ3v) is 7.90. The number of thioether (sulfide) groups is 1. The molecule has 0 unspecified atom stereocenters. The predicted molar refractivity (Wildman–Crippen MR) is 150 cm³/mol. The van der Waals surface area contributed by atoms with Gasteiger partial charge in [-0.1, -0.05) is 64.8 Å². The maximum Gasteiger partial charge on any atom is 0.270 e. The molecule has 168 valence electrons. The largest absolute Gasteiger partial charge is 0.486 e. The molecule has 1 saturated heterocycles. The van der Waals surface area contributed by atoms with Crippen molar-refractivity contribution in [1.29, 1.82) is 0 Å². The Bertz CT molecular complexity index is 1280. The van der Waals surface area contributed by atoms with E-state index >= 15 is 0 Å². The van der Waals surface area contributed by atoms with Crippen molar-refractivity contribution in [2.75, 3.05) is 4.90 Å². The van der Waals surface area contributed by atoms with Gasteiger partial charge in [-0.3, -0.25) is 9.69 Å². The van der Waals surface area contributed by atoms with Crippen molar-refractivity contribution in [2.24, 2.45) is 0 Å². The predicted octanol–water partition coefficient (Wildman–Crippen LogP) is 9.16. The molecule has 0 saturated carbocycles. The molecular formula is C23H12Br2Cl3NO2S2. The van der Waals surface area contributed by atoms with Crippen LogP contribution in [0.5, 0.6) is 5.75 Å². The van der Waals surface area contributed by atoms with E-state index in [0.29, 0.717) is 35.7 Å². The van der Waals surface area contributed by atoms with Gasteiger partial charge in [-0.25, -0.2) is 0 Å². The quantitative estimate of drug-likeness (QED) is 0.201. The molecule has 3 aromatic rings. The van der Waals surface area contributed by atoms with Gasteiger partial charge in [0, 0.05) is 20.6 Å². The van der Waals surface area contributed by atoms with E-state index in [1.54, 1.807) is 42.5 Å². The number of halogens is 5. The molecule has 3 aromatic carbocycles. The third kappa shape index (κ3) is 5.78. The number of benzene rings is 3. The van der Waals surface area contributed by atoms with Crippen LogP contribution >= 0.6 is 90.6 Å². The number of hydrogen-bond donors (Lipinski definition) is 0. The molecule has 0 radical (unpaired) electrons. The lowest BCUT2D eigenvalue weighted by Gasteiger charge is -2.14. The zero-order valence-corrected chi connectivity index (χ0v) is 23.5. The van der Waals surface area contributed by atoms with Crippen molar-refractivity contribution in [2.45, 2.75) is 6.61 Å². The molecule has 0 spiro atoms. The van der Waals surface area contributed by atoms with E-state index in [4.69, 9.17) is 51.8 Å². The molecule has 1 aliphatic heterocycles. The lowest BCUT2D eigenvalue weighted by Crippen LogP contribution is -2.27. The van der Waals surface area contributed by atoms with Crippen LogP contribution in [0.4, 0.5) is 5.69 Å². The minimum atomic E-state index is -0.183. The molecule has 4 rings (SSSR count). The van der Waals surface area contributed by atoms with Crippen LogP contribution < -0.4 is 9.64 Å². The molecule has 10 heteroatoms. The van der Waals surface area contributed by atoms with E-state index in [0.717, 1.165) is 20.1 Å². The number of ether oxygens (including phenoxy) is 1. The van der Waals surface area contributed by atoms with Gasteiger partial charge in [-0.05, 0) is 92.0 Å². The number of carbonyl (C=O) groups excluding carboxylic acids is 1. The van der Waals surface area contributed by atoms with Gasteiger partial charge in [-0.2, -0.15) is 0 Å². The van der Waals surface area contributed by atoms with Crippen LogP contribution in [0.15, 0.2) is 68.4 Å². The Balaban J connectivity index is 1.54. The van der Waals surface area contributed by atoms with E-state index in [1.165, 1.54) is 16.7 Å². The van der Waals surface area contributed by atoms with Gasteiger partial charge >= 0.3 is 0 Å². The van der Waals surface area contributed by atoms with E-state index in [2.05, 4.69) is 31.9 Å². The summed E-state index contributed by atoms with van der Waals surface area (Å²) >= 11 is 31.9.